The summed E-state index contributed by atoms with van der Waals surface area (Å²) in [6.45, 7) is 5.80. The number of carbonyl (C=O) groups is 1. The van der Waals surface area contributed by atoms with Crippen molar-refractivity contribution >= 4 is 28.3 Å². The second-order valence-corrected chi connectivity index (χ2v) is 9.10. The van der Waals surface area contributed by atoms with E-state index in [2.05, 4.69) is 39.4 Å². The molecule has 0 aliphatic heterocycles. The maximum atomic E-state index is 13.6. The smallest absolute Gasteiger partial charge is 0.271 e. The van der Waals surface area contributed by atoms with E-state index in [9.17, 15) is 9.18 Å². The number of pyridine rings is 1. The Hall–Kier alpha value is -3.17. The first-order valence-corrected chi connectivity index (χ1v) is 11.3. The lowest BCUT2D eigenvalue weighted by Gasteiger charge is -2.22. The minimum atomic E-state index is -0.441. The number of thiazole rings is 1. The molecular formula is C23H25FN6OS. The van der Waals surface area contributed by atoms with E-state index < -0.39 is 5.82 Å². The van der Waals surface area contributed by atoms with Crippen molar-refractivity contribution in [1.29, 1.82) is 0 Å². The summed E-state index contributed by atoms with van der Waals surface area (Å²) in [7, 11) is 0. The number of imidazole rings is 1. The van der Waals surface area contributed by atoms with E-state index in [1.165, 1.54) is 29.7 Å². The van der Waals surface area contributed by atoms with Gasteiger partial charge in [-0.25, -0.2) is 14.4 Å². The average Bonchev–Trinajstić information content (AvgIpc) is 3.44. The molecule has 0 aliphatic rings. The van der Waals surface area contributed by atoms with Crippen LogP contribution in [0.2, 0.25) is 0 Å². The van der Waals surface area contributed by atoms with Crippen LogP contribution in [0.15, 0.2) is 48.0 Å². The molecule has 3 aromatic heterocycles. The molecule has 0 spiro atoms. The molecule has 0 aliphatic carbocycles. The van der Waals surface area contributed by atoms with Crippen molar-refractivity contribution < 1.29 is 9.18 Å². The van der Waals surface area contributed by atoms with Crippen molar-refractivity contribution in [3.63, 3.8) is 0 Å². The van der Waals surface area contributed by atoms with Crippen LogP contribution in [0, 0.1) is 5.82 Å². The molecule has 0 fully saturated rings. The van der Waals surface area contributed by atoms with Crippen molar-refractivity contribution in [1.82, 2.24) is 30.6 Å². The van der Waals surface area contributed by atoms with Gasteiger partial charge in [-0.3, -0.25) is 9.78 Å². The predicted octanol–water partition coefficient (Wildman–Crippen LogP) is 3.59. The number of nitrogens with zero attached hydrogens (tertiary/aromatic N) is 3. The number of hydrogen-bond donors (Lipinski definition) is 3. The number of amides is 1. The fraction of sp³-hybridized carbons (Fsp3) is 0.304. The first-order chi connectivity index (χ1) is 15.4. The Bertz CT molecular complexity index is 1180. The third-order valence-electron chi connectivity index (χ3n) is 5.15. The number of fused-ring (bicyclic) bond motifs is 1. The van der Waals surface area contributed by atoms with E-state index in [-0.39, 0.29) is 23.6 Å². The highest BCUT2D eigenvalue weighted by atomic mass is 32.1. The number of halogens is 1. The number of benzene rings is 1. The lowest BCUT2D eigenvalue weighted by molar-refractivity contribution is 0.0945. The van der Waals surface area contributed by atoms with E-state index >= 15 is 0 Å². The Kier molecular flexibility index (Phi) is 6.57. The zero-order valence-electron chi connectivity index (χ0n) is 18.0. The highest BCUT2D eigenvalue weighted by Gasteiger charge is 2.24. The Morgan fingerprint density at radius 3 is 2.84 bits per heavy atom. The SMILES string of the molecule is CC(C)(CNCCc1nc(C(=O)NCc2ncccc2F)cs1)c1nc2ccccc2[nH]1. The van der Waals surface area contributed by atoms with Crippen LogP contribution in [-0.2, 0) is 18.4 Å². The molecule has 3 N–H and O–H groups in total. The largest absolute Gasteiger partial charge is 0.345 e. The molecule has 0 saturated carbocycles. The number of aromatic nitrogens is 4. The van der Waals surface area contributed by atoms with E-state index in [1.807, 2.05) is 24.3 Å². The fourth-order valence-corrected chi connectivity index (χ4v) is 4.06. The van der Waals surface area contributed by atoms with Crippen LogP contribution in [0.3, 0.4) is 0 Å². The lowest BCUT2D eigenvalue weighted by Crippen LogP contribution is -2.35. The summed E-state index contributed by atoms with van der Waals surface area (Å²) >= 11 is 1.44. The summed E-state index contributed by atoms with van der Waals surface area (Å²) in [6, 6.07) is 10.8. The number of aromatic amines is 1. The van der Waals surface area contributed by atoms with Gasteiger partial charge in [0.1, 0.15) is 17.3 Å². The van der Waals surface area contributed by atoms with Gasteiger partial charge in [0.2, 0.25) is 0 Å². The number of hydrogen-bond acceptors (Lipinski definition) is 6. The van der Waals surface area contributed by atoms with Gasteiger partial charge >= 0.3 is 0 Å². The van der Waals surface area contributed by atoms with Crippen LogP contribution < -0.4 is 10.6 Å². The molecule has 0 radical (unpaired) electrons. The standard InChI is InChI=1S/C23H25FN6OS/c1-23(2,22-29-16-7-3-4-8-17(16)30-22)14-25-11-9-20-28-19(13-32-20)21(31)27-12-18-15(24)6-5-10-26-18/h3-8,10,13,25H,9,11-12,14H2,1-2H3,(H,27,31)(H,29,30). The molecule has 0 atom stereocenters. The molecule has 3 heterocycles. The second-order valence-electron chi connectivity index (χ2n) is 8.15. The fourth-order valence-electron chi connectivity index (χ4n) is 3.29. The van der Waals surface area contributed by atoms with Gasteiger partial charge in [0.15, 0.2) is 0 Å². The van der Waals surface area contributed by atoms with E-state index in [0.29, 0.717) is 12.1 Å². The molecule has 4 rings (SSSR count). The van der Waals surface area contributed by atoms with Crippen molar-refractivity contribution in [3.8, 4) is 0 Å². The lowest BCUT2D eigenvalue weighted by atomic mass is 9.92. The molecule has 0 bridgehead atoms. The maximum Gasteiger partial charge on any atom is 0.271 e. The zero-order chi connectivity index (χ0) is 22.6. The number of H-pyrrole nitrogens is 1. The van der Waals surface area contributed by atoms with Crippen molar-refractivity contribution in [2.24, 2.45) is 0 Å². The highest BCUT2D eigenvalue weighted by Crippen LogP contribution is 2.22. The minimum absolute atomic E-state index is 0.0246. The molecule has 1 amide bonds. The quantitative estimate of drug-likeness (QED) is 0.337. The van der Waals surface area contributed by atoms with Gasteiger partial charge in [-0.15, -0.1) is 11.3 Å². The monoisotopic (exact) mass is 452 g/mol. The van der Waals surface area contributed by atoms with Crippen molar-refractivity contribution in [3.05, 3.63) is 76.0 Å². The Labute approximate surface area is 189 Å². The molecule has 9 heteroatoms. The van der Waals surface area contributed by atoms with Crippen molar-refractivity contribution in [2.75, 3.05) is 13.1 Å². The Balaban J connectivity index is 1.25. The molecule has 4 aromatic rings. The predicted molar refractivity (Wildman–Crippen MR) is 123 cm³/mol. The highest BCUT2D eigenvalue weighted by molar-refractivity contribution is 7.09. The summed E-state index contributed by atoms with van der Waals surface area (Å²) in [5, 5.41) is 8.72. The number of para-hydroxylation sites is 2. The van der Waals surface area contributed by atoms with Crippen LogP contribution in [0.5, 0.6) is 0 Å². The summed E-state index contributed by atoms with van der Waals surface area (Å²) in [5.41, 5.74) is 2.38. The van der Waals surface area contributed by atoms with Gasteiger partial charge in [-0.05, 0) is 24.3 Å². The summed E-state index contributed by atoms with van der Waals surface area (Å²) in [4.78, 5) is 28.7. The van der Waals surface area contributed by atoms with Crippen LogP contribution in [0.25, 0.3) is 11.0 Å². The third-order valence-corrected chi connectivity index (χ3v) is 6.06. The van der Waals surface area contributed by atoms with Gasteiger partial charge in [-0.2, -0.15) is 0 Å². The van der Waals surface area contributed by atoms with Crippen LogP contribution in [0.4, 0.5) is 4.39 Å². The van der Waals surface area contributed by atoms with Gasteiger partial charge in [0.05, 0.1) is 28.3 Å². The van der Waals surface area contributed by atoms with Crippen LogP contribution in [-0.4, -0.2) is 38.9 Å². The number of nitrogens with one attached hydrogen (secondary N) is 3. The maximum absolute atomic E-state index is 13.6. The zero-order valence-corrected chi connectivity index (χ0v) is 18.8. The third kappa shape index (κ3) is 5.17. The summed E-state index contributed by atoms with van der Waals surface area (Å²) in [5.74, 6) is 0.170. The molecule has 0 saturated heterocycles. The Morgan fingerprint density at radius 2 is 2.03 bits per heavy atom. The van der Waals surface area contributed by atoms with Crippen LogP contribution >= 0.6 is 11.3 Å². The summed E-state index contributed by atoms with van der Waals surface area (Å²) in [6.07, 6.45) is 2.21. The summed E-state index contributed by atoms with van der Waals surface area (Å²) < 4.78 is 13.6. The first kappa shape index (κ1) is 22.0. The van der Waals surface area contributed by atoms with Gasteiger partial charge in [0, 0.05) is 36.5 Å². The van der Waals surface area contributed by atoms with Crippen molar-refractivity contribution in [2.45, 2.75) is 32.2 Å². The molecule has 32 heavy (non-hydrogen) atoms. The van der Waals surface area contributed by atoms with Gasteiger partial charge in [-0.1, -0.05) is 26.0 Å². The number of rotatable bonds is 9. The molecule has 166 valence electrons. The second kappa shape index (κ2) is 9.54. The normalized spacial score (nSPS) is 11.7. The molecule has 7 nitrogen and oxygen atoms in total. The molecule has 0 unspecified atom stereocenters. The molecular weight excluding hydrogens is 427 g/mol. The Morgan fingerprint density at radius 1 is 1.19 bits per heavy atom. The van der Waals surface area contributed by atoms with E-state index in [1.54, 1.807) is 5.38 Å². The average molecular weight is 453 g/mol. The number of carbonyl (C=O) groups excluding carboxylic acids is 1. The minimum Gasteiger partial charge on any atom is -0.345 e. The van der Waals surface area contributed by atoms with Gasteiger partial charge < -0.3 is 15.6 Å². The van der Waals surface area contributed by atoms with Gasteiger partial charge in [0.25, 0.3) is 5.91 Å². The topological polar surface area (TPSA) is 95.6 Å². The first-order valence-electron chi connectivity index (χ1n) is 10.4. The van der Waals surface area contributed by atoms with E-state index in [0.717, 1.165) is 35.0 Å². The molecule has 1 aromatic carbocycles. The van der Waals surface area contributed by atoms with E-state index in [4.69, 9.17) is 4.98 Å². The van der Waals surface area contributed by atoms with Crippen LogP contribution in [0.1, 0.15) is 40.9 Å².